The average Bonchev–Trinajstić information content (AvgIpc) is 2.11. The van der Waals surface area contributed by atoms with Crippen LogP contribution >= 0.6 is 23.2 Å². The van der Waals surface area contributed by atoms with Crippen LogP contribution in [0.1, 0.15) is 5.56 Å². The lowest BCUT2D eigenvalue weighted by atomic mass is 10.3. The molecule has 0 bridgehead atoms. The van der Waals surface area contributed by atoms with Crippen LogP contribution in [0.15, 0.2) is 0 Å². The van der Waals surface area contributed by atoms with Crippen molar-refractivity contribution in [2.45, 2.75) is 6.42 Å². The Hall–Kier alpha value is -0.870. The Balaban J connectivity index is 3.14. The Morgan fingerprint density at radius 2 is 1.92 bits per heavy atom. The lowest BCUT2D eigenvalue weighted by Crippen LogP contribution is -1.98. The summed E-state index contributed by atoms with van der Waals surface area (Å²) >= 11 is 11.4. The fraction of sp³-hybridized carbons (Fsp3) is 0.286. The summed E-state index contributed by atoms with van der Waals surface area (Å²) in [5.41, 5.74) is 0.416. The molecule has 0 saturated carbocycles. The van der Waals surface area contributed by atoms with Gasteiger partial charge in [0.15, 0.2) is 0 Å². The molecule has 6 heteroatoms. The van der Waals surface area contributed by atoms with Gasteiger partial charge in [0.25, 0.3) is 0 Å². The van der Waals surface area contributed by atoms with Gasteiger partial charge in [0.1, 0.15) is 16.6 Å². The highest BCUT2D eigenvalue weighted by Gasteiger charge is 2.10. The van der Waals surface area contributed by atoms with Crippen LogP contribution in [-0.4, -0.2) is 23.4 Å². The quantitative estimate of drug-likeness (QED) is 0.573. The zero-order valence-electron chi connectivity index (χ0n) is 6.75. The SMILES string of the molecule is COc1nc(Cl)c(CC=O)c(Cl)n1. The number of rotatable bonds is 3. The summed E-state index contributed by atoms with van der Waals surface area (Å²) in [5, 5.41) is 0.285. The third-order valence-corrected chi connectivity index (χ3v) is 1.98. The van der Waals surface area contributed by atoms with Gasteiger partial charge in [-0.15, -0.1) is 0 Å². The summed E-state index contributed by atoms with van der Waals surface area (Å²) in [4.78, 5) is 17.7. The number of methoxy groups -OCH3 is 1. The Morgan fingerprint density at radius 1 is 1.38 bits per heavy atom. The Kier molecular flexibility index (Phi) is 3.45. The van der Waals surface area contributed by atoms with E-state index in [0.29, 0.717) is 11.8 Å². The number of ether oxygens (including phenoxy) is 1. The molecule has 1 aromatic rings. The van der Waals surface area contributed by atoms with E-state index >= 15 is 0 Å². The number of hydrogen-bond donors (Lipinski definition) is 0. The summed E-state index contributed by atoms with van der Waals surface area (Å²) in [5.74, 6) is 0. The number of aldehydes is 1. The van der Waals surface area contributed by atoms with Crippen molar-refractivity contribution in [3.63, 3.8) is 0 Å². The minimum absolute atomic E-state index is 0.0876. The maximum atomic E-state index is 10.2. The maximum absolute atomic E-state index is 10.2. The topological polar surface area (TPSA) is 52.1 Å². The second-order valence-electron chi connectivity index (χ2n) is 2.14. The maximum Gasteiger partial charge on any atom is 0.318 e. The van der Waals surface area contributed by atoms with Gasteiger partial charge < -0.3 is 9.53 Å². The zero-order chi connectivity index (χ0) is 9.84. The standard InChI is InChI=1S/C7H6Cl2N2O2/c1-13-7-10-5(8)4(2-3-12)6(9)11-7/h3H,2H2,1H3. The first-order valence-corrected chi connectivity index (χ1v) is 4.14. The van der Waals surface area contributed by atoms with Crippen molar-refractivity contribution in [1.82, 2.24) is 9.97 Å². The molecule has 0 spiro atoms. The van der Waals surface area contributed by atoms with Gasteiger partial charge in [0.05, 0.1) is 7.11 Å². The first kappa shape index (κ1) is 10.2. The molecule has 0 saturated heterocycles. The molecule has 0 amide bonds. The molecule has 0 atom stereocenters. The van der Waals surface area contributed by atoms with Crippen LogP contribution in [0.4, 0.5) is 0 Å². The highest BCUT2D eigenvalue weighted by molar-refractivity contribution is 6.34. The normalized spacial score (nSPS) is 9.77. The summed E-state index contributed by atoms with van der Waals surface area (Å²) in [6.45, 7) is 0. The van der Waals surface area contributed by atoms with Crippen molar-refractivity contribution in [2.75, 3.05) is 7.11 Å². The van der Waals surface area contributed by atoms with E-state index in [1.165, 1.54) is 7.11 Å². The Bertz CT molecular complexity index is 307. The van der Waals surface area contributed by atoms with Gasteiger partial charge in [-0.2, -0.15) is 9.97 Å². The molecule has 1 heterocycles. The third kappa shape index (κ3) is 2.29. The summed E-state index contributed by atoms with van der Waals surface area (Å²) in [7, 11) is 1.40. The smallest absolute Gasteiger partial charge is 0.318 e. The highest BCUT2D eigenvalue weighted by Crippen LogP contribution is 2.23. The predicted octanol–water partition coefficient (Wildman–Crippen LogP) is 1.53. The molecule has 1 aromatic heterocycles. The van der Waals surface area contributed by atoms with Crippen molar-refractivity contribution in [2.24, 2.45) is 0 Å². The van der Waals surface area contributed by atoms with Crippen molar-refractivity contribution >= 4 is 29.5 Å². The third-order valence-electron chi connectivity index (χ3n) is 1.36. The van der Waals surface area contributed by atoms with Crippen LogP contribution in [-0.2, 0) is 11.2 Å². The molecular formula is C7H6Cl2N2O2. The predicted molar refractivity (Wildman–Crippen MR) is 48.4 cm³/mol. The summed E-state index contributed by atoms with van der Waals surface area (Å²) in [6, 6.07) is 0.0876. The van der Waals surface area contributed by atoms with Gasteiger partial charge in [-0.1, -0.05) is 23.2 Å². The molecule has 0 radical (unpaired) electrons. The van der Waals surface area contributed by atoms with Gasteiger partial charge in [-0.05, 0) is 0 Å². The average molecular weight is 221 g/mol. The molecule has 13 heavy (non-hydrogen) atoms. The van der Waals surface area contributed by atoms with Crippen LogP contribution in [0.25, 0.3) is 0 Å². The van der Waals surface area contributed by atoms with E-state index in [1.807, 2.05) is 0 Å². The second-order valence-corrected chi connectivity index (χ2v) is 2.86. The van der Waals surface area contributed by atoms with Crippen LogP contribution in [0, 0.1) is 0 Å². The van der Waals surface area contributed by atoms with Crippen molar-refractivity contribution < 1.29 is 9.53 Å². The molecule has 0 aliphatic heterocycles. The van der Waals surface area contributed by atoms with Crippen molar-refractivity contribution in [3.05, 3.63) is 15.9 Å². The van der Waals surface area contributed by atoms with Gasteiger partial charge in [-0.3, -0.25) is 0 Å². The van der Waals surface area contributed by atoms with Gasteiger partial charge >= 0.3 is 6.01 Å². The van der Waals surface area contributed by atoms with Crippen LogP contribution < -0.4 is 4.74 Å². The van der Waals surface area contributed by atoms with E-state index in [2.05, 4.69) is 9.97 Å². The van der Waals surface area contributed by atoms with Crippen LogP contribution in [0.2, 0.25) is 10.3 Å². The lowest BCUT2D eigenvalue weighted by molar-refractivity contribution is -0.107. The Labute approximate surface area is 84.8 Å². The van der Waals surface area contributed by atoms with Crippen LogP contribution in [0.3, 0.4) is 0 Å². The van der Waals surface area contributed by atoms with Crippen LogP contribution in [0.5, 0.6) is 6.01 Å². The molecule has 0 fully saturated rings. The summed E-state index contributed by atoms with van der Waals surface area (Å²) in [6.07, 6.45) is 0.782. The second kappa shape index (κ2) is 4.39. The molecule has 0 aromatic carbocycles. The fourth-order valence-electron chi connectivity index (χ4n) is 0.756. The largest absolute Gasteiger partial charge is 0.467 e. The number of carbonyl (C=O) groups is 1. The first-order chi connectivity index (χ1) is 6.19. The molecule has 4 nitrogen and oxygen atoms in total. The number of halogens is 2. The van der Waals surface area contributed by atoms with Gasteiger partial charge in [0.2, 0.25) is 0 Å². The first-order valence-electron chi connectivity index (χ1n) is 3.38. The molecule has 0 aliphatic carbocycles. The molecule has 1 rings (SSSR count). The molecule has 0 aliphatic rings. The summed E-state index contributed by atoms with van der Waals surface area (Å²) < 4.78 is 4.73. The van der Waals surface area contributed by atoms with Crippen molar-refractivity contribution in [3.8, 4) is 6.01 Å². The van der Waals surface area contributed by atoms with Gasteiger partial charge in [0, 0.05) is 12.0 Å². The number of nitrogens with zero attached hydrogens (tertiary/aromatic N) is 2. The van der Waals surface area contributed by atoms with E-state index in [1.54, 1.807) is 0 Å². The highest BCUT2D eigenvalue weighted by atomic mass is 35.5. The number of hydrogen-bond acceptors (Lipinski definition) is 4. The number of carbonyl (C=O) groups excluding carboxylic acids is 1. The minimum atomic E-state index is 0.0876. The van der Waals surface area contributed by atoms with Crippen molar-refractivity contribution in [1.29, 1.82) is 0 Å². The number of aromatic nitrogens is 2. The molecule has 0 unspecified atom stereocenters. The van der Waals surface area contributed by atoms with E-state index in [9.17, 15) is 4.79 Å². The van der Waals surface area contributed by atoms with E-state index in [0.717, 1.165) is 0 Å². The van der Waals surface area contributed by atoms with E-state index in [4.69, 9.17) is 27.9 Å². The monoisotopic (exact) mass is 220 g/mol. The fourth-order valence-corrected chi connectivity index (χ4v) is 1.28. The molecule has 70 valence electrons. The zero-order valence-corrected chi connectivity index (χ0v) is 8.26. The molecule has 0 N–H and O–H groups in total. The van der Waals surface area contributed by atoms with E-state index in [-0.39, 0.29) is 22.7 Å². The minimum Gasteiger partial charge on any atom is -0.467 e. The van der Waals surface area contributed by atoms with E-state index < -0.39 is 0 Å². The Morgan fingerprint density at radius 3 is 2.31 bits per heavy atom. The molecular weight excluding hydrogens is 215 g/mol. The lowest BCUT2D eigenvalue weighted by Gasteiger charge is -2.03. The van der Waals surface area contributed by atoms with Gasteiger partial charge in [-0.25, -0.2) is 0 Å².